The van der Waals surface area contributed by atoms with Gasteiger partial charge in [-0.15, -0.1) is 0 Å². The van der Waals surface area contributed by atoms with Crippen LogP contribution in [0.4, 0.5) is 0 Å². The smallest absolute Gasteiger partial charge is 0.226 e. The third-order valence-corrected chi connectivity index (χ3v) is 2.17. The number of aliphatic hydroxyl groups is 2. The van der Waals surface area contributed by atoms with E-state index in [1.165, 1.54) is 4.90 Å². The highest BCUT2D eigenvalue weighted by molar-refractivity contribution is 5.78. The summed E-state index contributed by atoms with van der Waals surface area (Å²) in [5, 5.41) is 20.7. The molecule has 0 saturated carbocycles. The van der Waals surface area contributed by atoms with Crippen LogP contribution in [0.25, 0.3) is 0 Å². The first-order valence-corrected chi connectivity index (χ1v) is 5.38. The Morgan fingerprint density at radius 3 is 2.27 bits per heavy atom. The van der Waals surface area contributed by atoms with E-state index in [4.69, 9.17) is 10.2 Å². The van der Waals surface area contributed by atoms with Crippen LogP contribution >= 0.6 is 0 Å². The van der Waals surface area contributed by atoms with Crippen molar-refractivity contribution in [3.63, 3.8) is 0 Å². The van der Waals surface area contributed by atoms with Crippen LogP contribution in [0.5, 0.6) is 0 Å². The molecule has 0 rings (SSSR count). The Bertz CT molecular complexity index is 170. The maximum atomic E-state index is 11.8. The van der Waals surface area contributed by atoms with Gasteiger partial charge in [0.15, 0.2) is 0 Å². The Balaban J connectivity index is 4.08. The zero-order valence-corrected chi connectivity index (χ0v) is 9.57. The summed E-state index contributed by atoms with van der Waals surface area (Å²) < 4.78 is 0. The summed E-state index contributed by atoms with van der Waals surface area (Å²) in [5.74, 6) is -0.151. The number of aliphatic hydroxyl groups excluding tert-OH is 2. The Kier molecular flexibility index (Phi) is 8.27. The molecule has 0 aromatic heterocycles. The lowest BCUT2D eigenvalue weighted by molar-refractivity contribution is -0.135. The van der Waals surface area contributed by atoms with Crippen molar-refractivity contribution in [1.29, 1.82) is 0 Å². The maximum Gasteiger partial charge on any atom is 0.226 e. The summed E-state index contributed by atoms with van der Waals surface area (Å²) >= 11 is 0. The fourth-order valence-electron chi connectivity index (χ4n) is 1.33. The second-order valence-corrected chi connectivity index (χ2v) is 3.48. The number of hydrogen-bond acceptors (Lipinski definition) is 4. The molecule has 0 aromatic rings. The van der Waals surface area contributed by atoms with Crippen molar-refractivity contribution in [3.05, 3.63) is 0 Å². The normalized spacial score (nSPS) is 12.5. The summed E-state index contributed by atoms with van der Waals surface area (Å²) in [6, 6.07) is 0. The molecule has 15 heavy (non-hydrogen) atoms. The van der Waals surface area contributed by atoms with Gasteiger partial charge in [-0.05, 0) is 6.54 Å². The van der Waals surface area contributed by atoms with Crippen molar-refractivity contribution in [1.82, 2.24) is 10.2 Å². The fourth-order valence-corrected chi connectivity index (χ4v) is 1.33. The Morgan fingerprint density at radius 1 is 1.33 bits per heavy atom. The molecule has 5 heteroatoms. The summed E-state index contributed by atoms with van der Waals surface area (Å²) in [6.07, 6.45) is 0. The molecule has 0 bridgehead atoms. The van der Waals surface area contributed by atoms with Gasteiger partial charge in [0.05, 0.1) is 13.2 Å². The van der Waals surface area contributed by atoms with E-state index in [9.17, 15) is 4.79 Å². The number of rotatable bonds is 8. The van der Waals surface area contributed by atoms with Crippen LogP contribution in [0.2, 0.25) is 0 Å². The van der Waals surface area contributed by atoms with Crippen LogP contribution in [0.3, 0.4) is 0 Å². The van der Waals surface area contributed by atoms with Crippen LogP contribution in [0.1, 0.15) is 13.8 Å². The first-order valence-electron chi connectivity index (χ1n) is 5.38. The minimum Gasteiger partial charge on any atom is -0.395 e. The van der Waals surface area contributed by atoms with Gasteiger partial charge in [0.25, 0.3) is 0 Å². The third-order valence-electron chi connectivity index (χ3n) is 2.17. The maximum absolute atomic E-state index is 11.8. The van der Waals surface area contributed by atoms with Crippen molar-refractivity contribution >= 4 is 5.91 Å². The lowest BCUT2D eigenvalue weighted by Gasteiger charge is -2.24. The van der Waals surface area contributed by atoms with Crippen LogP contribution < -0.4 is 5.32 Å². The topological polar surface area (TPSA) is 72.8 Å². The van der Waals surface area contributed by atoms with E-state index in [0.29, 0.717) is 6.54 Å². The summed E-state index contributed by atoms with van der Waals surface area (Å²) in [5.41, 5.74) is 0. The highest BCUT2D eigenvalue weighted by Gasteiger charge is 2.18. The van der Waals surface area contributed by atoms with E-state index in [1.54, 1.807) is 0 Å². The SMILES string of the molecule is CCNCC(C)C(=O)N(CCO)CCO. The molecule has 3 N–H and O–H groups in total. The molecule has 1 unspecified atom stereocenters. The lowest BCUT2D eigenvalue weighted by atomic mass is 10.1. The van der Waals surface area contributed by atoms with Gasteiger partial charge < -0.3 is 20.4 Å². The second kappa shape index (κ2) is 8.64. The van der Waals surface area contributed by atoms with Gasteiger partial charge in [0, 0.05) is 25.6 Å². The molecule has 0 aliphatic heterocycles. The molecular formula is C10H22N2O3. The van der Waals surface area contributed by atoms with Gasteiger partial charge in [0.2, 0.25) is 5.91 Å². The monoisotopic (exact) mass is 218 g/mol. The van der Waals surface area contributed by atoms with E-state index in [2.05, 4.69) is 5.32 Å². The summed E-state index contributed by atoms with van der Waals surface area (Å²) in [6.45, 7) is 5.72. The zero-order chi connectivity index (χ0) is 11.7. The minimum atomic E-state index is -0.122. The van der Waals surface area contributed by atoms with Gasteiger partial charge in [-0.3, -0.25) is 4.79 Å². The predicted octanol–water partition coefficient (Wildman–Crippen LogP) is -0.955. The van der Waals surface area contributed by atoms with Crippen molar-refractivity contribution in [2.24, 2.45) is 5.92 Å². The van der Waals surface area contributed by atoms with Crippen LogP contribution in [0, 0.1) is 5.92 Å². The molecule has 0 spiro atoms. The molecule has 1 amide bonds. The average molecular weight is 218 g/mol. The number of carbonyl (C=O) groups is 1. The number of hydrogen-bond donors (Lipinski definition) is 3. The van der Waals surface area contributed by atoms with E-state index in [0.717, 1.165) is 6.54 Å². The Labute approximate surface area is 91.1 Å². The van der Waals surface area contributed by atoms with E-state index >= 15 is 0 Å². The number of amides is 1. The largest absolute Gasteiger partial charge is 0.395 e. The van der Waals surface area contributed by atoms with Gasteiger partial charge in [0.1, 0.15) is 0 Å². The molecule has 0 radical (unpaired) electrons. The molecule has 0 aromatic carbocycles. The van der Waals surface area contributed by atoms with Gasteiger partial charge in [-0.1, -0.05) is 13.8 Å². The highest BCUT2D eigenvalue weighted by atomic mass is 16.3. The van der Waals surface area contributed by atoms with Crippen molar-refractivity contribution in [3.8, 4) is 0 Å². The quantitative estimate of drug-likeness (QED) is 0.491. The van der Waals surface area contributed by atoms with Crippen molar-refractivity contribution < 1.29 is 15.0 Å². The van der Waals surface area contributed by atoms with Gasteiger partial charge >= 0.3 is 0 Å². The fraction of sp³-hybridized carbons (Fsp3) is 0.900. The van der Waals surface area contributed by atoms with Crippen molar-refractivity contribution in [2.75, 3.05) is 39.4 Å². The molecule has 0 fully saturated rings. The summed E-state index contributed by atoms with van der Waals surface area (Å²) in [7, 11) is 0. The minimum absolute atomic E-state index is 0.0287. The molecule has 1 atom stereocenters. The second-order valence-electron chi connectivity index (χ2n) is 3.48. The lowest BCUT2D eigenvalue weighted by Crippen LogP contribution is -2.42. The molecule has 90 valence electrons. The first-order chi connectivity index (χ1) is 7.17. The molecule has 5 nitrogen and oxygen atoms in total. The van der Waals surface area contributed by atoms with E-state index < -0.39 is 0 Å². The number of nitrogens with zero attached hydrogens (tertiary/aromatic N) is 1. The third kappa shape index (κ3) is 5.71. The van der Waals surface area contributed by atoms with Gasteiger partial charge in [-0.25, -0.2) is 0 Å². The molecule has 0 aliphatic carbocycles. The first kappa shape index (κ1) is 14.3. The van der Waals surface area contributed by atoms with Crippen LogP contribution in [-0.2, 0) is 4.79 Å². The highest BCUT2D eigenvalue weighted by Crippen LogP contribution is 2.01. The predicted molar refractivity (Wildman–Crippen MR) is 58.5 cm³/mol. The molecule has 0 saturated heterocycles. The molecular weight excluding hydrogens is 196 g/mol. The van der Waals surface area contributed by atoms with Crippen LogP contribution in [-0.4, -0.2) is 60.4 Å². The van der Waals surface area contributed by atoms with E-state index in [1.807, 2.05) is 13.8 Å². The zero-order valence-electron chi connectivity index (χ0n) is 9.57. The summed E-state index contributed by atoms with van der Waals surface area (Å²) in [4.78, 5) is 13.3. The number of nitrogens with one attached hydrogen (secondary N) is 1. The average Bonchev–Trinajstić information content (AvgIpc) is 2.24. The molecule has 0 aliphatic rings. The van der Waals surface area contributed by atoms with Crippen molar-refractivity contribution in [2.45, 2.75) is 13.8 Å². The Hall–Kier alpha value is -0.650. The molecule has 0 heterocycles. The Morgan fingerprint density at radius 2 is 1.87 bits per heavy atom. The van der Waals surface area contributed by atoms with Gasteiger partial charge in [-0.2, -0.15) is 0 Å². The van der Waals surface area contributed by atoms with E-state index in [-0.39, 0.29) is 38.1 Å². The number of carbonyl (C=O) groups excluding carboxylic acids is 1. The van der Waals surface area contributed by atoms with Crippen LogP contribution in [0.15, 0.2) is 0 Å². The standard InChI is InChI=1S/C10H22N2O3/c1-3-11-8-9(2)10(15)12(4-6-13)5-7-14/h9,11,13-14H,3-8H2,1-2H3.